The maximum atomic E-state index is 11.1. The van der Waals surface area contributed by atoms with Crippen molar-refractivity contribution in [2.45, 2.75) is 25.9 Å². The number of benzene rings is 2. The van der Waals surface area contributed by atoms with Crippen LogP contribution in [0.2, 0.25) is 0 Å². The Hall–Kier alpha value is -3.75. The first-order chi connectivity index (χ1) is 17.1. The quantitative estimate of drug-likeness (QED) is 0.182. The van der Waals surface area contributed by atoms with E-state index in [2.05, 4.69) is 85.0 Å². The number of nitrogens with one attached hydrogen (secondary N) is 4. The van der Waals surface area contributed by atoms with Crippen LogP contribution >= 0.6 is 0 Å². The number of esters is 1. The van der Waals surface area contributed by atoms with Crippen molar-refractivity contribution in [3.8, 4) is 11.3 Å². The number of rotatable bonds is 12. The van der Waals surface area contributed by atoms with Gasteiger partial charge >= 0.3 is 5.97 Å². The number of anilines is 1. The van der Waals surface area contributed by atoms with Gasteiger partial charge in [-0.15, -0.1) is 0 Å². The molecule has 0 fully saturated rings. The number of carbonyl (C=O) groups is 1. The van der Waals surface area contributed by atoms with Crippen molar-refractivity contribution in [2.24, 2.45) is 0 Å². The second-order valence-corrected chi connectivity index (χ2v) is 8.39. The highest BCUT2D eigenvalue weighted by Crippen LogP contribution is 2.29. The first-order valence-electron chi connectivity index (χ1n) is 11.9. The molecule has 182 valence electrons. The van der Waals surface area contributed by atoms with Gasteiger partial charge < -0.3 is 25.7 Å². The van der Waals surface area contributed by atoms with Crippen molar-refractivity contribution in [3.63, 3.8) is 0 Å². The van der Waals surface area contributed by atoms with Crippen LogP contribution in [0.5, 0.6) is 0 Å². The van der Waals surface area contributed by atoms with Crippen molar-refractivity contribution >= 4 is 22.8 Å². The van der Waals surface area contributed by atoms with E-state index in [9.17, 15) is 4.79 Å². The van der Waals surface area contributed by atoms with Gasteiger partial charge in [-0.2, -0.15) is 0 Å². The smallest absolute Gasteiger partial charge is 0.306 e. The zero-order chi connectivity index (χ0) is 24.5. The van der Waals surface area contributed by atoms with Gasteiger partial charge in [-0.05, 0) is 29.7 Å². The SMILES string of the molecule is COC(=O)CCNCCNCc1ccc(-c2cc3c(N[C@H](C)c4ccccc4)ncnc3[nH]2)cc1. The Bertz CT molecular complexity index is 1220. The molecule has 0 aliphatic carbocycles. The number of hydrogen-bond donors (Lipinski definition) is 4. The lowest BCUT2D eigenvalue weighted by atomic mass is 10.1. The normalized spacial score (nSPS) is 11.9. The summed E-state index contributed by atoms with van der Waals surface area (Å²) in [7, 11) is 1.41. The summed E-state index contributed by atoms with van der Waals surface area (Å²) < 4.78 is 4.63. The van der Waals surface area contributed by atoms with E-state index in [4.69, 9.17) is 0 Å². The average Bonchev–Trinajstić information content (AvgIpc) is 3.34. The molecule has 0 spiro atoms. The third-order valence-electron chi connectivity index (χ3n) is 5.88. The Kier molecular flexibility index (Phi) is 8.43. The molecule has 8 nitrogen and oxygen atoms in total. The van der Waals surface area contributed by atoms with Crippen molar-refractivity contribution in [1.82, 2.24) is 25.6 Å². The predicted octanol–water partition coefficient (Wildman–Crippen LogP) is 4.04. The van der Waals surface area contributed by atoms with Gasteiger partial charge in [-0.25, -0.2) is 9.97 Å². The summed E-state index contributed by atoms with van der Waals surface area (Å²) >= 11 is 0. The Labute approximate surface area is 205 Å². The monoisotopic (exact) mass is 472 g/mol. The van der Waals surface area contributed by atoms with Crippen LogP contribution in [0.4, 0.5) is 5.82 Å². The van der Waals surface area contributed by atoms with E-state index in [1.807, 2.05) is 18.2 Å². The molecule has 4 N–H and O–H groups in total. The molecule has 0 aliphatic heterocycles. The van der Waals surface area contributed by atoms with E-state index in [0.717, 1.165) is 47.7 Å². The predicted molar refractivity (Wildman–Crippen MR) is 139 cm³/mol. The van der Waals surface area contributed by atoms with E-state index in [1.165, 1.54) is 18.2 Å². The van der Waals surface area contributed by atoms with Gasteiger partial charge in [0.25, 0.3) is 0 Å². The number of aromatic amines is 1. The molecule has 0 saturated heterocycles. The molecule has 4 aromatic rings. The van der Waals surface area contributed by atoms with Gasteiger partial charge in [0.15, 0.2) is 0 Å². The lowest BCUT2D eigenvalue weighted by molar-refractivity contribution is -0.140. The summed E-state index contributed by atoms with van der Waals surface area (Å²) in [5, 5.41) is 11.1. The molecule has 0 saturated carbocycles. The average molecular weight is 473 g/mol. The van der Waals surface area contributed by atoms with Crippen molar-refractivity contribution in [1.29, 1.82) is 0 Å². The molecule has 4 rings (SSSR count). The van der Waals surface area contributed by atoms with E-state index in [0.29, 0.717) is 13.0 Å². The van der Waals surface area contributed by atoms with Gasteiger partial charge in [-0.1, -0.05) is 54.6 Å². The molecule has 0 radical (unpaired) electrons. The molecule has 35 heavy (non-hydrogen) atoms. The molecule has 1 atom stereocenters. The van der Waals surface area contributed by atoms with Crippen LogP contribution in [-0.4, -0.2) is 47.7 Å². The van der Waals surface area contributed by atoms with Crippen LogP contribution in [-0.2, 0) is 16.1 Å². The molecule has 2 heterocycles. The van der Waals surface area contributed by atoms with Gasteiger partial charge in [0.05, 0.1) is 18.9 Å². The number of nitrogens with zero attached hydrogens (tertiary/aromatic N) is 2. The number of aromatic nitrogens is 3. The molecule has 2 aromatic heterocycles. The third-order valence-corrected chi connectivity index (χ3v) is 5.88. The molecule has 8 heteroatoms. The third kappa shape index (κ3) is 6.65. The molecule has 2 aromatic carbocycles. The van der Waals surface area contributed by atoms with Gasteiger partial charge in [0, 0.05) is 37.9 Å². The first-order valence-corrected chi connectivity index (χ1v) is 11.9. The topological polar surface area (TPSA) is 104 Å². The standard InChI is InChI=1S/C27H32N6O2/c1-19(21-6-4-3-5-7-21)32-26-23-16-24(33-27(23)31-18-30-26)22-10-8-20(9-11-22)17-29-15-14-28-13-12-25(34)35-2/h3-11,16,18-19,28-29H,12-15,17H2,1-2H3,(H2,30,31,32,33)/t19-/m1/s1. The fourth-order valence-electron chi connectivity index (χ4n) is 3.87. The Balaban J connectivity index is 1.33. The van der Waals surface area contributed by atoms with E-state index < -0.39 is 0 Å². The van der Waals surface area contributed by atoms with Crippen molar-refractivity contribution in [2.75, 3.05) is 32.1 Å². The molecular weight excluding hydrogens is 440 g/mol. The Morgan fingerprint density at radius 3 is 2.54 bits per heavy atom. The van der Waals surface area contributed by atoms with Gasteiger partial charge in [-0.3, -0.25) is 4.79 Å². The summed E-state index contributed by atoms with van der Waals surface area (Å²) in [6.45, 7) is 5.15. The van der Waals surface area contributed by atoms with Crippen molar-refractivity contribution in [3.05, 3.63) is 78.1 Å². The summed E-state index contributed by atoms with van der Waals surface area (Å²) in [5.41, 5.74) is 5.32. The minimum absolute atomic E-state index is 0.127. The highest BCUT2D eigenvalue weighted by Gasteiger charge is 2.12. The fraction of sp³-hybridized carbons (Fsp3) is 0.296. The first kappa shape index (κ1) is 24.4. The summed E-state index contributed by atoms with van der Waals surface area (Å²) in [4.78, 5) is 23.4. The number of ether oxygens (including phenoxy) is 1. The maximum absolute atomic E-state index is 11.1. The lowest BCUT2D eigenvalue weighted by Crippen LogP contribution is -2.28. The number of hydrogen-bond acceptors (Lipinski definition) is 7. The molecule has 0 amide bonds. The number of methoxy groups -OCH3 is 1. The minimum Gasteiger partial charge on any atom is -0.469 e. The Morgan fingerprint density at radius 2 is 1.77 bits per heavy atom. The second-order valence-electron chi connectivity index (χ2n) is 8.39. The number of carbonyl (C=O) groups excluding carboxylic acids is 1. The lowest BCUT2D eigenvalue weighted by Gasteiger charge is -2.15. The van der Waals surface area contributed by atoms with Crippen LogP contribution in [0.15, 0.2) is 67.0 Å². The fourth-order valence-corrected chi connectivity index (χ4v) is 3.87. The van der Waals surface area contributed by atoms with E-state index in [-0.39, 0.29) is 12.0 Å². The minimum atomic E-state index is -0.193. The highest BCUT2D eigenvalue weighted by atomic mass is 16.5. The van der Waals surface area contributed by atoms with Crippen LogP contribution in [0, 0.1) is 0 Å². The summed E-state index contributed by atoms with van der Waals surface area (Å²) in [6, 6.07) is 21.0. The van der Waals surface area contributed by atoms with Crippen LogP contribution in [0.1, 0.15) is 30.5 Å². The van der Waals surface area contributed by atoms with Gasteiger partial charge in [0.2, 0.25) is 0 Å². The van der Waals surface area contributed by atoms with E-state index >= 15 is 0 Å². The van der Waals surface area contributed by atoms with Crippen LogP contribution in [0.25, 0.3) is 22.3 Å². The zero-order valence-corrected chi connectivity index (χ0v) is 20.2. The highest BCUT2D eigenvalue weighted by molar-refractivity contribution is 5.91. The summed E-state index contributed by atoms with van der Waals surface area (Å²) in [6.07, 6.45) is 1.97. The molecule has 0 bridgehead atoms. The Morgan fingerprint density at radius 1 is 1.00 bits per heavy atom. The van der Waals surface area contributed by atoms with Gasteiger partial charge in [0.1, 0.15) is 17.8 Å². The van der Waals surface area contributed by atoms with Crippen LogP contribution in [0.3, 0.4) is 0 Å². The molecule has 0 aliphatic rings. The summed E-state index contributed by atoms with van der Waals surface area (Å²) in [5.74, 6) is 0.622. The molecular formula is C27H32N6O2. The van der Waals surface area contributed by atoms with Crippen molar-refractivity contribution < 1.29 is 9.53 Å². The van der Waals surface area contributed by atoms with Crippen LogP contribution < -0.4 is 16.0 Å². The number of fused-ring (bicyclic) bond motifs is 1. The second kappa shape index (κ2) is 12.1. The zero-order valence-electron chi connectivity index (χ0n) is 20.2. The molecule has 0 unspecified atom stereocenters. The van der Waals surface area contributed by atoms with E-state index in [1.54, 1.807) is 6.33 Å². The number of H-pyrrole nitrogens is 1. The largest absolute Gasteiger partial charge is 0.469 e. The maximum Gasteiger partial charge on any atom is 0.306 e.